The van der Waals surface area contributed by atoms with Gasteiger partial charge in [-0.1, -0.05) is 13.3 Å². The van der Waals surface area contributed by atoms with Crippen LogP contribution in [0.15, 0.2) is 44.6 Å². The second-order valence-corrected chi connectivity index (χ2v) is 5.61. The Morgan fingerprint density at radius 2 is 2.19 bits per heavy atom. The normalized spacial score (nSPS) is 11.6. The lowest BCUT2D eigenvalue weighted by atomic mass is 10.3. The summed E-state index contributed by atoms with van der Waals surface area (Å²) in [6, 6.07) is 6.02. The molecular formula is C16H23N3OS. The highest BCUT2D eigenvalue weighted by Crippen LogP contribution is 2.06. The molecule has 114 valence electrons. The lowest BCUT2D eigenvalue weighted by molar-refractivity contribution is 0.506. The fourth-order valence-electron chi connectivity index (χ4n) is 1.87. The number of furan rings is 1. The van der Waals surface area contributed by atoms with Crippen LogP contribution in [-0.4, -0.2) is 19.0 Å². The molecule has 2 N–H and O–H groups in total. The molecule has 0 aliphatic carbocycles. The summed E-state index contributed by atoms with van der Waals surface area (Å²) in [5.74, 6) is 1.87. The van der Waals surface area contributed by atoms with Crippen LogP contribution in [0.25, 0.3) is 0 Å². The highest BCUT2D eigenvalue weighted by atomic mass is 32.1. The van der Waals surface area contributed by atoms with E-state index in [1.165, 1.54) is 12.0 Å². The number of hydrogen-bond donors (Lipinski definition) is 2. The van der Waals surface area contributed by atoms with E-state index in [1.807, 2.05) is 12.1 Å². The van der Waals surface area contributed by atoms with Gasteiger partial charge in [0.25, 0.3) is 0 Å². The average Bonchev–Trinajstić information content (AvgIpc) is 3.18. The van der Waals surface area contributed by atoms with E-state index in [1.54, 1.807) is 17.6 Å². The first-order valence-corrected chi connectivity index (χ1v) is 8.38. The van der Waals surface area contributed by atoms with Crippen molar-refractivity contribution in [2.24, 2.45) is 4.99 Å². The van der Waals surface area contributed by atoms with Gasteiger partial charge >= 0.3 is 0 Å². The third-order valence-corrected chi connectivity index (χ3v) is 3.80. The fourth-order valence-corrected chi connectivity index (χ4v) is 2.53. The molecule has 5 heteroatoms. The summed E-state index contributed by atoms with van der Waals surface area (Å²) in [5, 5.41) is 11.0. The quantitative estimate of drug-likeness (QED) is 0.446. The van der Waals surface area contributed by atoms with Crippen molar-refractivity contribution in [3.63, 3.8) is 0 Å². The van der Waals surface area contributed by atoms with Crippen LogP contribution >= 0.6 is 11.3 Å². The van der Waals surface area contributed by atoms with Crippen molar-refractivity contribution < 1.29 is 4.42 Å². The van der Waals surface area contributed by atoms with Crippen LogP contribution < -0.4 is 10.6 Å². The van der Waals surface area contributed by atoms with Crippen LogP contribution in [0, 0.1) is 0 Å². The summed E-state index contributed by atoms with van der Waals surface area (Å²) in [4.78, 5) is 4.63. The Balaban J connectivity index is 1.80. The molecule has 0 fully saturated rings. The monoisotopic (exact) mass is 305 g/mol. The molecule has 0 aliphatic rings. The first-order valence-electron chi connectivity index (χ1n) is 7.44. The van der Waals surface area contributed by atoms with Gasteiger partial charge in [-0.2, -0.15) is 11.3 Å². The van der Waals surface area contributed by atoms with Gasteiger partial charge < -0.3 is 15.1 Å². The van der Waals surface area contributed by atoms with E-state index >= 15 is 0 Å². The number of aliphatic imine (C=N–C) groups is 1. The zero-order chi connectivity index (χ0) is 14.8. The van der Waals surface area contributed by atoms with Gasteiger partial charge in [0.15, 0.2) is 5.96 Å². The molecule has 0 aromatic carbocycles. The molecule has 0 bridgehead atoms. The van der Waals surface area contributed by atoms with Crippen LogP contribution in [0.2, 0.25) is 0 Å². The molecule has 0 amide bonds. The molecule has 21 heavy (non-hydrogen) atoms. The predicted octanol–water partition coefficient (Wildman–Crippen LogP) is 3.42. The molecule has 2 aromatic rings. The summed E-state index contributed by atoms with van der Waals surface area (Å²) >= 11 is 1.71. The van der Waals surface area contributed by atoms with Crippen LogP contribution in [0.4, 0.5) is 0 Å². The molecule has 0 aliphatic heterocycles. The van der Waals surface area contributed by atoms with Gasteiger partial charge in [0, 0.05) is 19.5 Å². The number of rotatable bonds is 8. The van der Waals surface area contributed by atoms with Crippen molar-refractivity contribution in [2.45, 2.75) is 32.7 Å². The number of thiophene rings is 1. The van der Waals surface area contributed by atoms with Gasteiger partial charge in [-0.05, 0) is 40.9 Å². The molecule has 0 unspecified atom stereocenters. The highest BCUT2D eigenvalue weighted by Gasteiger charge is 2.00. The zero-order valence-corrected chi connectivity index (χ0v) is 13.3. The van der Waals surface area contributed by atoms with Crippen molar-refractivity contribution in [3.05, 3.63) is 46.5 Å². The van der Waals surface area contributed by atoms with Gasteiger partial charge in [0.1, 0.15) is 5.76 Å². The Kier molecular flexibility index (Phi) is 6.88. The third-order valence-electron chi connectivity index (χ3n) is 3.07. The highest BCUT2D eigenvalue weighted by molar-refractivity contribution is 7.07. The number of hydrogen-bond acceptors (Lipinski definition) is 3. The van der Waals surface area contributed by atoms with Crippen LogP contribution in [0.5, 0.6) is 0 Å². The molecule has 0 atom stereocenters. The number of nitrogens with zero attached hydrogens (tertiary/aromatic N) is 1. The summed E-state index contributed by atoms with van der Waals surface area (Å²) in [6.07, 6.45) is 4.90. The Labute approximate surface area is 130 Å². The predicted molar refractivity (Wildman–Crippen MR) is 88.8 cm³/mol. The van der Waals surface area contributed by atoms with Gasteiger partial charge in [0.2, 0.25) is 0 Å². The van der Waals surface area contributed by atoms with E-state index in [-0.39, 0.29) is 0 Å². The van der Waals surface area contributed by atoms with Crippen LogP contribution in [0.3, 0.4) is 0 Å². The third kappa shape index (κ3) is 6.04. The molecule has 0 spiro atoms. The first kappa shape index (κ1) is 15.6. The van der Waals surface area contributed by atoms with Crippen molar-refractivity contribution in [3.8, 4) is 0 Å². The number of unbranched alkanes of at least 4 members (excludes halogenated alkanes) is 1. The lowest BCUT2D eigenvalue weighted by Crippen LogP contribution is -2.38. The van der Waals surface area contributed by atoms with E-state index in [0.717, 1.165) is 37.7 Å². The summed E-state index contributed by atoms with van der Waals surface area (Å²) in [5.41, 5.74) is 1.25. The van der Waals surface area contributed by atoms with Gasteiger partial charge in [0.05, 0.1) is 12.8 Å². The van der Waals surface area contributed by atoms with Crippen molar-refractivity contribution in [1.82, 2.24) is 10.6 Å². The van der Waals surface area contributed by atoms with Gasteiger partial charge in [-0.15, -0.1) is 0 Å². The van der Waals surface area contributed by atoms with E-state index < -0.39 is 0 Å². The maximum atomic E-state index is 5.33. The Bertz CT molecular complexity index is 506. The van der Waals surface area contributed by atoms with E-state index in [0.29, 0.717) is 6.54 Å². The van der Waals surface area contributed by atoms with Crippen molar-refractivity contribution in [2.75, 3.05) is 13.1 Å². The Hall–Kier alpha value is -1.75. The Morgan fingerprint density at radius 1 is 1.29 bits per heavy atom. The fraction of sp³-hybridized carbons (Fsp3) is 0.438. The Morgan fingerprint density at radius 3 is 2.90 bits per heavy atom. The van der Waals surface area contributed by atoms with E-state index in [9.17, 15) is 0 Å². The van der Waals surface area contributed by atoms with E-state index in [2.05, 4.69) is 39.4 Å². The van der Waals surface area contributed by atoms with Crippen LogP contribution in [-0.2, 0) is 13.0 Å². The van der Waals surface area contributed by atoms with Crippen LogP contribution in [0.1, 0.15) is 31.1 Å². The summed E-state index contributed by atoms with van der Waals surface area (Å²) in [6.45, 7) is 4.67. The molecule has 0 saturated heterocycles. The number of guanidine groups is 1. The maximum absolute atomic E-state index is 5.33. The summed E-state index contributed by atoms with van der Waals surface area (Å²) < 4.78 is 5.33. The van der Waals surface area contributed by atoms with E-state index in [4.69, 9.17) is 4.42 Å². The average molecular weight is 305 g/mol. The minimum atomic E-state index is 0.714. The molecular weight excluding hydrogens is 282 g/mol. The molecule has 2 aromatic heterocycles. The molecule has 0 saturated carbocycles. The standard InChI is InChI=1S/C16H23N3OS/c1-2-3-8-17-16(19-12-14-7-11-21-13-14)18-9-6-15-5-4-10-20-15/h4-5,7,10-11,13H,2-3,6,8-9,12H2,1H3,(H2,17,18,19). The summed E-state index contributed by atoms with van der Waals surface area (Å²) in [7, 11) is 0. The zero-order valence-electron chi connectivity index (χ0n) is 12.5. The maximum Gasteiger partial charge on any atom is 0.191 e. The smallest absolute Gasteiger partial charge is 0.191 e. The SMILES string of the molecule is CCCCNC(=NCc1ccsc1)NCCc1ccco1. The van der Waals surface area contributed by atoms with Crippen molar-refractivity contribution >= 4 is 17.3 Å². The molecule has 2 heterocycles. The number of nitrogens with one attached hydrogen (secondary N) is 2. The molecule has 2 rings (SSSR count). The van der Waals surface area contributed by atoms with Gasteiger partial charge in [-0.3, -0.25) is 0 Å². The minimum absolute atomic E-state index is 0.714. The largest absolute Gasteiger partial charge is 0.469 e. The second-order valence-electron chi connectivity index (χ2n) is 4.83. The lowest BCUT2D eigenvalue weighted by Gasteiger charge is -2.11. The second kappa shape index (κ2) is 9.23. The molecule has 0 radical (unpaired) electrons. The minimum Gasteiger partial charge on any atom is -0.469 e. The first-order chi connectivity index (χ1) is 10.4. The van der Waals surface area contributed by atoms with Crippen molar-refractivity contribution in [1.29, 1.82) is 0 Å². The molecule has 4 nitrogen and oxygen atoms in total. The topological polar surface area (TPSA) is 49.6 Å². The van der Waals surface area contributed by atoms with Gasteiger partial charge in [-0.25, -0.2) is 4.99 Å².